The summed E-state index contributed by atoms with van der Waals surface area (Å²) >= 11 is 5.82. The van der Waals surface area contributed by atoms with Crippen molar-refractivity contribution in [2.75, 3.05) is 0 Å². The van der Waals surface area contributed by atoms with Crippen molar-refractivity contribution < 1.29 is 4.39 Å². The van der Waals surface area contributed by atoms with Gasteiger partial charge in [0.05, 0.1) is 3.39 Å². The standard InChI is InChI=1S/C5H5Br2F/c1-2-3-4(8)5(6)7/h2-3H,1H3/b3-2+. The van der Waals surface area contributed by atoms with Crippen molar-refractivity contribution in [1.29, 1.82) is 0 Å². The minimum Gasteiger partial charge on any atom is -0.205 e. The average molecular weight is 244 g/mol. The third kappa shape index (κ3) is 3.38. The Bertz CT molecular complexity index is 122. The van der Waals surface area contributed by atoms with E-state index in [4.69, 9.17) is 0 Å². The molecule has 0 aliphatic carbocycles. The zero-order valence-corrected chi connectivity index (χ0v) is 7.46. The third-order valence-electron chi connectivity index (χ3n) is 0.494. The Hall–Kier alpha value is 0.370. The van der Waals surface area contributed by atoms with E-state index in [1.807, 2.05) is 0 Å². The molecule has 0 atom stereocenters. The lowest BCUT2D eigenvalue weighted by atomic mass is 10.5. The van der Waals surface area contributed by atoms with E-state index in [1.165, 1.54) is 6.08 Å². The summed E-state index contributed by atoms with van der Waals surface area (Å²) < 4.78 is 12.6. The van der Waals surface area contributed by atoms with E-state index >= 15 is 0 Å². The van der Waals surface area contributed by atoms with E-state index in [0.717, 1.165) is 0 Å². The minimum atomic E-state index is -0.299. The summed E-state index contributed by atoms with van der Waals surface area (Å²) in [4.78, 5) is 0. The minimum absolute atomic E-state index is 0.299. The van der Waals surface area contributed by atoms with Crippen molar-refractivity contribution in [3.63, 3.8) is 0 Å². The highest BCUT2D eigenvalue weighted by molar-refractivity contribution is 9.28. The Balaban J connectivity index is 4.00. The normalized spacial score (nSPS) is 10.0. The summed E-state index contributed by atoms with van der Waals surface area (Å²) in [5.41, 5.74) is 0. The maximum Gasteiger partial charge on any atom is 0.144 e. The molecule has 0 heterocycles. The molecule has 0 radical (unpaired) electrons. The number of allylic oxidation sites excluding steroid dienone is 3. The summed E-state index contributed by atoms with van der Waals surface area (Å²) in [6.45, 7) is 1.75. The van der Waals surface area contributed by atoms with Crippen LogP contribution in [0.3, 0.4) is 0 Å². The number of hydrogen-bond donors (Lipinski definition) is 0. The van der Waals surface area contributed by atoms with Crippen molar-refractivity contribution in [1.82, 2.24) is 0 Å². The molecule has 0 nitrogen and oxygen atoms in total. The quantitative estimate of drug-likeness (QED) is 0.619. The van der Waals surface area contributed by atoms with Gasteiger partial charge in [0.25, 0.3) is 0 Å². The van der Waals surface area contributed by atoms with Crippen LogP contribution in [-0.4, -0.2) is 0 Å². The third-order valence-corrected chi connectivity index (χ3v) is 1.25. The summed E-state index contributed by atoms with van der Waals surface area (Å²) in [6.07, 6.45) is 2.98. The molecular formula is C5H5Br2F. The largest absolute Gasteiger partial charge is 0.205 e. The van der Waals surface area contributed by atoms with E-state index in [9.17, 15) is 4.39 Å². The zero-order chi connectivity index (χ0) is 6.57. The fourth-order valence-corrected chi connectivity index (χ4v) is 0.474. The molecule has 0 aromatic rings. The Kier molecular flexibility index (Phi) is 4.47. The highest BCUT2D eigenvalue weighted by Crippen LogP contribution is 2.20. The molecule has 0 N–H and O–H groups in total. The van der Waals surface area contributed by atoms with Crippen LogP contribution in [0.4, 0.5) is 4.39 Å². The smallest absolute Gasteiger partial charge is 0.144 e. The molecule has 0 rings (SSSR count). The van der Waals surface area contributed by atoms with Crippen molar-refractivity contribution >= 4 is 31.9 Å². The van der Waals surface area contributed by atoms with Crippen LogP contribution in [0.1, 0.15) is 6.92 Å². The number of rotatable bonds is 1. The molecule has 46 valence electrons. The van der Waals surface area contributed by atoms with E-state index in [-0.39, 0.29) is 5.83 Å². The molecule has 0 saturated heterocycles. The predicted molar refractivity (Wildman–Crippen MR) is 40.8 cm³/mol. The second-order valence-corrected chi connectivity index (χ2v) is 3.76. The lowest BCUT2D eigenvalue weighted by molar-refractivity contribution is 0.668. The van der Waals surface area contributed by atoms with Gasteiger partial charge in [-0.15, -0.1) is 0 Å². The molecule has 0 amide bonds. The molecule has 0 bridgehead atoms. The first kappa shape index (κ1) is 8.37. The van der Waals surface area contributed by atoms with E-state index in [2.05, 4.69) is 31.9 Å². The Morgan fingerprint density at radius 1 is 1.50 bits per heavy atom. The maximum absolute atomic E-state index is 12.2. The lowest BCUT2D eigenvalue weighted by Gasteiger charge is -1.82. The van der Waals surface area contributed by atoms with Crippen LogP contribution in [0.5, 0.6) is 0 Å². The topological polar surface area (TPSA) is 0 Å². The monoisotopic (exact) mass is 242 g/mol. The molecule has 0 fully saturated rings. The van der Waals surface area contributed by atoms with Crippen LogP contribution in [0.2, 0.25) is 0 Å². The van der Waals surface area contributed by atoms with Crippen LogP contribution in [0.15, 0.2) is 21.4 Å². The molecule has 8 heavy (non-hydrogen) atoms. The summed E-state index contributed by atoms with van der Waals surface area (Å²) in [6, 6.07) is 0. The van der Waals surface area contributed by atoms with Gasteiger partial charge >= 0.3 is 0 Å². The van der Waals surface area contributed by atoms with Gasteiger partial charge in [0, 0.05) is 0 Å². The first-order valence-electron chi connectivity index (χ1n) is 2.02. The molecule has 0 aromatic carbocycles. The SMILES string of the molecule is C/C=C/C(F)=C(Br)Br. The molecule has 0 aromatic heterocycles. The van der Waals surface area contributed by atoms with Crippen molar-refractivity contribution in [2.24, 2.45) is 0 Å². The first-order valence-corrected chi connectivity index (χ1v) is 3.60. The van der Waals surface area contributed by atoms with Crippen LogP contribution in [0, 0.1) is 0 Å². The van der Waals surface area contributed by atoms with E-state index < -0.39 is 0 Å². The summed E-state index contributed by atoms with van der Waals surface area (Å²) in [5, 5.41) is 0. The van der Waals surface area contributed by atoms with Crippen molar-refractivity contribution in [3.05, 3.63) is 21.4 Å². The van der Waals surface area contributed by atoms with Crippen molar-refractivity contribution in [2.45, 2.75) is 6.92 Å². The molecular weight excluding hydrogens is 239 g/mol. The highest BCUT2D eigenvalue weighted by atomic mass is 79.9. The number of hydrogen-bond acceptors (Lipinski definition) is 0. The van der Waals surface area contributed by atoms with Gasteiger partial charge in [-0.1, -0.05) is 6.08 Å². The van der Waals surface area contributed by atoms with Gasteiger partial charge in [-0.25, -0.2) is 4.39 Å². The first-order chi connectivity index (χ1) is 3.68. The van der Waals surface area contributed by atoms with Gasteiger partial charge in [-0.2, -0.15) is 0 Å². The Labute approximate surface area is 64.7 Å². The molecule has 3 heteroatoms. The van der Waals surface area contributed by atoms with Gasteiger partial charge < -0.3 is 0 Å². The predicted octanol–water partition coefficient (Wildman–Crippen LogP) is 3.49. The lowest BCUT2D eigenvalue weighted by Crippen LogP contribution is -1.61. The molecule has 0 aliphatic rings. The Morgan fingerprint density at radius 2 is 2.00 bits per heavy atom. The molecule has 0 spiro atoms. The van der Waals surface area contributed by atoms with Crippen LogP contribution >= 0.6 is 31.9 Å². The molecule has 0 unspecified atom stereocenters. The summed E-state index contributed by atoms with van der Waals surface area (Å²) in [5.74, 6) is -0.299. The number of halogens is 3. The van der Waals surface area contributed by atoms with E-state index in [0.29, 0.717) is 3.39 Å². The van der Waals surface area contributed by atoms with Crippen molar-refractivity contribution in [3.8, 4) is 0 Å². The van der Waals surface area contributed by atoms with E-state index in [1.54, 1.807) is 13.0 Å². The second kappa shape index (κ2) is 4.27. The van der Waals surface area contributed by atoms with Gasteiger partial charge in [-0.05, 0) is 44.9 Å². The summed E-state index contributed by atoms with van der Waals surface area (Å²) in [7, 11) is 0. The average Bonchev–Trinajstić information content (AvgIpc) is 1.67. The zero-order valence-electron chi connectivity index (χ0n) is 4.29. The van der Waals surface area contributed by atoms with Crippen LogP contribution in [-0.2, 0) is 0 Å². The second-order valence-electron chi connectivity index (χ2n) is 1.11. The fraction of sp³-hybridized carbons (Fsp3) is 0.200. The maximum atomic E-state index is 12.2. The Morgan fingerprint density at radius 3 is 2.12 bits per heavy atom. The van der Waals surface area contributed by atoms with Gasteiger partial charge in [0.1, 0.15) is 5.83 Å². The molecule has 0 saturated carbocycles. The van der Waals surface area contributed by atoms with Crippen LogP contribution in [0.25, 0.3) is 0 Å². The van der Waals surface area contributed by atoms with Crippen LogP contribution < -0.4 is 0 Å². The van der Waals surface area contributed by atoms with Gasteiger partial charge in [0.2, 0.25) is 0 Å². The van der Waals surface area contributed by atoms with Gasteiger partial charge in [-0.3, -0.25) is 0 Å². The fourth-order valence-electron chi connectivity index (χ4n) is 0.209. The van der Waals surface area contributed by atoms with Gasteiger partial charge in [0.15, 0.2) is 0 Å². The highest BCUT2D eigenvalue weighted by Gasteiger charge is 1.90. The molecule has 0 aliphatic heterocycles.